The fraction of sp³-hybridized carbons (Fsp3) is 0. The second-order valence-corrected chi connectivity index (χ2v) is 5.16. The lowest BCUT2D eigenvalue weighted by atomic mass is 10.1. The number of phenols is 2. The summed E-state index contributed by atoms with van der Waals surface area (Å²) >= 11 is 0. The zero-order valence-corrected chi connectivity index (χ0v) is 12.3. The highest BCUT2D eigenvalue weighted by Gasteiger charge is 2.13. The molecule has 3 rings (SSSR count). The molecule has 0 aliphatic carbocycles. The summed E-state index contributed by atoms with van der Waals surface area (Å²) in [7, 11) is 0. The summed E-state index contributed by atoms with van der Waals surface area (Å²) in [4.78, 5) is 11.0. The largest absolute Gasteiger partial charge is 0.508 e. The van der Waals surface area contributed by atoms with Crippen LogP contribution in [0.2, 0.25) is 0 Å². The van der Waals surface area contributed by atoms with Gasteiger partial charge in [0.1, 0.15) is 23.1 Å². The number of hydrogen-bond donors (Lipinski definition) is 3. The van der Waals surface area contributed by atoms with Gasteiger partial charge in [-0.15, -0.1) is 0 Å². The molecule has 3 aromatic rings. The molecule has 3 N–H and O–H groups in total. The molecule has 0 saturated carbocycles. The maximum atomic E-state index is 11.0. The Balaban J connectivity index is 2.08. The molecule has 24 heavy (non-hydrogen) atoms. The number of rotatable bonds is 3. The SMILES string of the molecule is N#Cc1cn(-c2ccc(C(=O)O)c(O)c2)cc1-c1ccc(O)cc1. The predicted octanol–water partition coefficient (Wildman–Crippen LogP) is 3.13. The van der Waals surface area contributed by atoms with Crippen LogP contribution in [0.3, 0.4) is 0 Å². The van der Waals surface area contributed by atoms with E-state index in [9.17, 15) is 20.3 Å². The fourth-order valence-electron chi connectivity index (χ4n) is 2.43. The summed E-state index contributed by atoms with van der Waals surface area (Å²) in [5.74, 6) is -1.43. The lowest BCUT2D eigenvalue weighted by molar-refractivity contribution is 0.0693. The summed E-state index contributed by atoms with van der Waals surface area (Å²) < 4.78 is 1.63. The van der Waals surface area contributed by atoms with Crippen LogP contribution in [0.15, 0.2) is 54.9 Å². The Bertz CT molecular complexity index is 966. The molecule has 0 saturated heterocycles. The molecule has 0 fully saturated rings. The molecule has 0 unspecified atom stereocenters. The second kappa shape index (κ2) is 5.82. The Morgan fingerprint density at radius 1 is 1.04 bits per heavy atom. The zero-order valence-electron chi connectivity index (χ0n) is 12.3. The van der Waals surface area contributed by atoms with E-state index < -0.39 is 5.97 Å². The molecule has 1 heterocycles. The molecule has 0 radical (unpaired) electrons. The van der Waals surface area contributed by atoms with Crippen molar-refractivity contribution < 1.29 is 20.1 Å². The summed E-state index contributed by atoms with van der Waals surface area (Å²) in [6.45, 7) is 0. The van der Waals surface area contributed by atoms with Gasteiger partial charge in [-0.25, -0.2) is 4.79 Å². The normalized spacial score (nSPS) is 10.3. The topological polar surface area (TPSA) is 106 Å². The first-order valence-corrected chi connectivity index (χ1v) is 6.98. The minimum absolute atomic E-state index is 0.130. The first-order valence-electron chi connectivity index (χ1n) is 6.98. The molecule has 0 bridgehead atoms. The summed E-state index contributed by atoms with van der Waals surface area (Å²) in [6.07, 6.45) is 3.30. The van der Waals surface area contributed by atoms with Crippen LogP contribution in [0, 0.1) is 11.3 Å². The van der Waals surface area contributed by atoms with Crippen molar-refractivity contribution >= 4 is 5.97 Å². The van der Waals surface area contributed by atoms with E-state index in [1.165, 1.54) is 24.3 Å². The zero-order chi connectivity index (χ0) is 17.3. The first-order chi connectivity index (χ1) is 11.5. The van der Waals surface area contributed by atoms with Crippen molar-refractivity contribution in [3.8, 4) is 34.4 Å². The van der Waals surface area contributed by atoms with E-state index in [4.69, 9.17) is 5.11 Å². The highest BCUT2D eigenvalue weighted by atomic mass is 16.4. The third kappa shape index (κ3) is 2.66. The van der Waals surface area contributed by atoms with Crippen molar-refractivity contribution in [2.24, 2.45) is 0 Å². The van der Waals surface area contributed by atoms with Crippen LogP contribution in [-0.2, 0) is 0 Å². The minimum Gasteiger partial charge on any atom is -0.508 e. The molecule has 0 atom stereocenters. The highest BCUT2D eigenvalue weighted by Crippen LogP contribution is 2.29. The van der Waals surface area contributed by atoms with E-state index >= 15 is 0 Å². The van der Waals surface area contributed by atoms with Gasteiger partial charge in [0, 0.05) is 29.7 Å². The number of aromatic nitrogens is 1. The van der Waals surface area contributed by atoms with Gasteiger partial charge in [-0.05, 0) is 29.8 Å². The molecule has 118 valence electrons. The Morgan fingerprint density at radius 2 is 1.75 bits per heavy atom. The van der Waals surface area contributed by atoms with E-state index in [1.54, 1.807) is 35.2 Å². The number of hydrogen-bond acceptors (Lipinski definition) is 4. The number of benzene rings is 2. The predicted molar refractivity (Wildman–Crippen MR) is 86.2 cm³/mol. The van der Waals surface area contributed by atoms with Crippen LogP contribution in [0.4, 0.5) is 0 Å². The number of phenolic OH excluding ortho intramolecular Hbond substituents is 1. The smallest absolute Gasteiger partial charge is 0.339 e. The minimum atomic E-state index is -1.21. The van der Waals surface area contributed by atoms with Crippen molar-refractivity contribution in [1.29, 1.82) is 5.26 Å². The van der Waals surface area contributed by atoms with Crippen LogP contribution in [0.5, 0.6) is 11.5 Å². The molecule has 0 spiro atoms. The van der Waals surface area contributed by atoms with E-state index in [1.807, 2.05) is 0 Å². The Labute approximate surface area is 137 Å². The van der Waals surface area contributed by atoms with E-state index in [2.05, 4.69) is 6.07 Å². The van der Waals surface area contributed by atoms with Crippen molar-refractivity contribution in [2.45, 2.75) is 0 Å². The molecular weight excluding hydrogens is 308 g/mol. The first kappa shape index (κ1) is 15.2. The average molecular weight is 320 g/mol. The van der Waals surface area contributed by atoms with Gasteiger partial charge < -0.3 is 19.9 Å². The standard InChI is InChI=1S/C18H12N2O4/c19-8-12-9-20(10-16(12)11-1-4-14(21)5-2-11)13-3-6-15(18(23)24)17(22)7-13/h1-7,9-10,21-22H,(H,23,24). The van der Waals surface area contributed by atoms with Gasteiger partial charge in [-0.1, -0.05) is 12.1 Å². The molecule has 2 aromatic carbocycles. The van der Waals surface area contributed by atoms with Gasteiger partial charge >= 0.3 is 5.97 Å². The van der Waals surface area contributed by atoms with Gasteiger partial charge in [-0.2, -0.15) is 5.26 Å². The third-order valence-electron chi connectivity index (χ3n) is 3.64. The van der Waals surface area contributed by atoms with Gasteiger partial charge in [0.05, 0.1) is 5.56 Å². The number of nitrogens with zero attached hydrogens (tertiary/aromatic N) is 2. The monoisotopic (exact) mass is 320 g/mol. The fourth-order valence-corrected chi connectivity index (χ4v) is 2.43. The van der Waals surface area contributed by atoms with Crippen LogP contribution in [-0.4, -0.2) is 25.9 Å². The molecule has 1 aromatic heterocycles. The number of aromatic hydroxyl groups is 2. The average Bonchev–Trinajstić information content (AvgIpc) is 2.99. The summed E-state index contributed by atoms with van der Waals surface area (Å²) in [5, 5.41) is 37.5. The number of carbonyl (C=O) groups is 1. The number of nitriles is 1. The van der Waals surface area contributed by atoms with Crippen LogP contribution >= 0.6 is 0 Å². The summed E-state index contributed by atoms with van der Waals surface area (Å²) in [5.41, 5.74) is 2.18. The van der Waals surface area contributed by atoms with Crippen LogP contribution in [0.25, 0.3) is 16.8 Å². The van der Waals surface area contributed by atoms with Gasteiger partial charge in [-0.3, -0.25) is 0 Å². The Morgan fingerprint density at radius 3 is 2.33 bits per heavy atom. The van der Waals surface area contributed by atoms with Crippen molar-refractivity contribution in [2.75, 3.05) is 0 Å². The Hall–Kier alpha value is -3.72. The number of carboxylic acids is 1. The van der Waals surface area contributed by atoms with Crippen LogP contribution < -0.4 is 0 Å². The molecule has 6 nitrogen and oxygen atoms in total. The lowest BCUT2D eigenvalue weighted by Crippen LogP contribution is -1.98. The van der Waals surface area contributed by atoms with Crippen molar-refractivity contribution in [1.82, 2.24) is 4.57 Å². The number of carboxylic acid groups (broad SMARTS) is 1. The van der Waals surface area contributed by atoms with Crippen molar-refractivity contribution in [3.05, 3.63) is 66.0 Å². The third-order valence-corrected chi connectivity index (χ3v) is 3.64. The maximum Gasteiger partial charge on any atom is 0.339 e. The lowest BCUT2D eigenvalue weighted by Gasteiger charge is -2.05. The van der Waals surface area contributed by atoms with E-state index in [0.29, 0.717) is 16.8 Å². The quantitative estimate of drug-likeness (QED) is 0.687. The van der Waals surface area contributed by atoms with Gasteiger partial charge in [0.25, 0.3) is 0 Å². The molecule has 0 aliphatic rings. The second-order valence-electron chi connectivity index (χ2n) is 5.16. The molecule has 0 aliphatic heterocycles. The highest BCUT2D eigenvalue weighted by molar-refractivity contribution is 5.91. The van der Waals surface area contributed by atoms with E-state index in [0.717, 1.165) is 5.56 Å². The van der Waals surface area contributed by atoms with Crippen molar-refractivity contribution in [3.63, 3.8) is 0 Å². The van der Waals surface area contributed by atoms with Gasteiger partial charge in [0.15, 0.2) is 0 Å². The summed E-state index contributed by atoms with van der Waals surface area (Å²) in [6, 6.07) is 12.7. The Kier molecular flexibility index (Phi) is 3.68. The van der Waals surface area contributed by atoms with E-state index in [-0.39, 0.29) is 17.1 Å². The maximum absolute atomic E-state index is 11.0. The van der Waals surface area contributed by atoms with Crippen LogP contribution in [0.1, 0.15) is 15.9 Å². The van der Waals surface area contributed by atoms with Gasteiger partial charge in [0.2, 0.25) is 0 Å². The molecular formula is C18H12N2O4. The molecule has 0 amide bonds. The molecule has 6 heteroatoms. The number of aromatic carboxylic acids is 1.